The van der Waals surface area contributed by atoms with Crippen molar-refractivity contribution in [2.75, 3.05) is 26.2 Å². The first kappa shape index (κ1) is 23.3. The first-order valence-corrected chi connectivity index (χ1v) is 12.3. The monoisotopic (exact) mass is 448 g/mol. The molecule has 2 saturated heterocycles. The number of carbonyl (C=O) groups excluding carboxylic acids is 2. The Morgan fingerprint density at radius 3 is 2.27 bits per heavy atom. The van der Waals surface area contributed by atoms with Crippen LogP contribution in [0.4, 0.5) is 0 Å². The first-order chi connectivity index (χ1) is 15.9. The van der Waals surface area contributed by atoms with Gasteiger partial charge in [0.25, 0.3) is 0 Å². The van der Waals surface area contributed by atoms with Gasteiger partial charge in [-0.15, -0.1) is 0 Å². The molecule has 1 aromatic carbocycles. The number of benzene rings is 1. The van der Waals surface area contributed by atoms with Crippen LogP contribution in [0.5, 0.6) is 0 Å². The maximum Gasteiger partial charge on any atom is 0.246 e. The van der Waals surface area contributed by atoms with Gasteiger partial charge in [-0.3, -0.25) is 14.3 Å². The van der Waals surface area contributed by atoms with E-state index in [0.717, 1.165) is 55.7 Å². The van der Waals surface area contributed by atoms with Crippen molar-refractivity contribution in [3.8, 4) is 0 Å². The Hall–Kier alpha value is -2.89. The average molecular weight is 449 g/mol. The van der Waals surface area contributed by atoms with Gasteiger partial charge in [0.2, 0.25) is 11.8 Å². The lowest BCUT2D eigenvalue weighted by Gasteiger charge is -2.35. The molecule has 176 valence electrons. The van der Waals surface area contributed by atoms with E-state index in [0.29, 0.717) is 25.5 Å². The zero-order valence-electron chi connectivity index (χ0n) is 20.2. The molecule has 6 heteroatoms. The van der Waals surface area contributed by atoms with Crippen LogP contribution in [0.2, 0.25) is 0 Å². The minimum absolute atomic E-state index is 0.0176. The van der Waals surface area contributed by atoms with E-state index in [-0.39, 0.29) is 11.8 Å². The van der Waals surface area contributed by atoms with Crippen molar-refractivity contribution in [2.24, 2.45) is 5.92 Å². The number of nitrogens with zero attached hydrogens (tertiary/aromatic N) is 4. The van der Waals surface area contributed by atoms with Gasteiger partial charge in [0, 0.05) is 49.4 Å². The van der Waals surface area contributed by atoms with Gasteiger partial charge in [-0.25, -0.2) is 0 Å². The van der Waals surface area contributed by atoms with E-state index in [2.05, 4.69) is 38.1 Å². The maximum absolute atomic E-state index is 12.8. The zero-order chi connectivity index (χ0) is 23.4. The molecule has 2 aliphatic rings. The highest BCUT2D eigenvalue weighted by atomic mass is 16.2. The fraction of sp³-hybridized carbons (Fsp3) is 0.519. The fourth-order valence-corrected chi connectivity index (χ4v) is 4.95. The van der Waals surface area contributed by atoms with Gasteiger partial charge in [-0.2, -0.15) is 5.10 Å². The summed E-state index contributed by atoms with van der Waals surface area (Å²) in [4.78, 5) is 29.5. The quantitative estimate of drug-likeness (QED) is 0.647. The molecule has 0 aliphatic carbocycles. The van der Waals surface area contributed by atoms with Crippen molar-refractivity contribution in [3.63, 3.8) is 0 Å². The highest BCUT2D eigenvalue weighted by molar-refractivity contribution is 5.92. The van der Waals surface area contributed by atoms with E-state index >= 15 is 0 Å². The zero-order valence-corrected chi connectivity index (χ0v) is 20.2. The van der Waals surface area contributed by atoms with Gasteiger partial charge in [-0.1, -0.05) is 29.8 Å². The number of hydrogen-bond donors (Lipinski definition) is 0. The number of carbonyl (C=O) groups is 2. The molecule has 0 saturated carbocycles. The molecule has 0 radical (unpaired) electrons. The SMILES string of the molecule is Cc1ccc(Cn2nc(C)c(/C=C/C(=O)N3CCC(C(=O)N4CCCCC4)CC3)c2C)cc1. The van der Waals surface area contributed by atoms with E-state index in [1.165, 1.54) is 17.5 Å². The number of aryl methyl sites for hydroxylation is 2. The molecule has 0 atom stereocenters. The number of amides is 2. The first-order valence-electron chi connectivity index (χ1n) is 12.3. The van der Waals surface area contributed by atoms with Crippen molar-refractivity contribution in [3.05, 3.63) is 58.4 Å². The Morgan fingerprint density at radius 1 is 0.939 bits per heavy atom. The standard InChI is InChI=1S/C27H36N4O2/c1-20-7-9-23(10-8-20)19-31-22(3)25(21(2)28-31)11-12-26(32)29-17-13-24(14-18-29)27(33)30-15-5-4-6-16-30/h7-12,24H,4-6,13-19H2,1-3H3/b12-11+. The molecular weight excluding hydrogens is 412 g/mol. The molecule has 2 aliphatic heterocycles. The molecule has 6 nitrogen and oxygen atoms in total. The third-order valence-electron chi connectivity index (χ3n) is 7.11. The minimum atomic E-state index is 0.0176. The van der Waals surface area contributed by atoms with Crippen molar-refractivity contribution in [1.29, 1.82) is 0 Å². The van der Waals surface area contributed by atoms with E-state index in [9.17, 15) is 9.59 Å². The second-order valence-corrected chi connectivity index (χ2v) is 9.55. The summed E-state index contributed by atoms with van der Waals surface area (Å²) in [6.45, 7) is 9.94. The lowest BCUT2D eigenvalue weighted by molar-refractivity contribution is -0.140. The summed E-state index contributed by atoms with van der Waals surface area (Å²) in [6.07, 6.45) is 8.56. The normalized spacial score (nSPS) is 17.7. The second kappa shape index (κ2) is 10.4. The molecular formula is C27H36N4O2. The topological polar surface area (TPSA) is 58.4 Å². The summed E-state index contributed by atoms with van der Waals surface area (Å²) in [5.74, 6) is 0.383. The molecule has 1 aromatic heterocycles. The average Bonchev–Trinajstić information content (AvgIpc) is 3.11. The fourth-order valence-electron chi connectivity index (χ4n) is 4.95. The largest absolute Gasteiger partial charge is 0.342 e. The molecule has 33 heavy (non-hydrogen) atoms. The Kier molecular flexibility index (Phi) is 7.31. The summed E-state index contributed by atoms with van der Waals surface area (Å²) in [6, 6.07) is 8.49. The molecule has 3 heterocycles. The summed E-state index contributed by atoms with van der Waals surface area (Å²) in [7, 11) is 0. The van der Waals surface area contributed by atoms with Crippen LogP contribution < -0.4 is 0 Å². The number of hydrogen-bond acceptors (Lipinski definition) is 3. The highest BCUT2D eigenvalue weighted by Gasteiger charge is 2.30. The Bertz CT molecular complexity index is 1010. The van der Waals surface area contributed by atoms with Crippen LogP contribution in [0.1, 0.15) is 60.2 Å². The molecule has 0 unspecified atom stereocenters. The van der Waals surface area contributed by atoms with Crippen LogP contribution in [-0.4, -0.2) is 57.6 Å². The van der Waals surface area contributed by atoms with Crippen molar-refractivity contribution in [2.45, 2.75) is 59.4 Å². The van der Waals surface area contributed by atoms with Crippen LogP contribution in [0, 0.1) is 26.7 Å². The van der Waals surface area contributed by atoms with Crippen LogP contribution in [0.3, 0.4) is 0 Å². The second-order valence-electron chi connectivity index (χ2n) is 9.55. The smallest absolute Gasteiger partial charge is 0.246 e. The van der Waals surface area contributed by atoms with Gasteiger partial charge in [0.05, 0.1) is 12.2 Å². The third-order valence-corrected chi connectivity index (χ3v) is 7.11. The van der Waals surface area contributed by atoms with Crippen molar-refractivity contribution in [1.82, 2.24) is 19.6 Å². The predicted molar refractivity (Wildman–Crippen MR) is 131 cm³/mol. The molecule has 0 N–H and O–H groups in total. The Balaban J connectivity index is 1.33. The third kappa shape index (κ3) is 5.55. The van der Waals surface area contributed by atoms with Crippen LogP contribution in [0.15, 0.2) is 30.3 Å². The number of rotatable bonds is 5. The predicted octanol–water partition coefficient (Wildman–Crippen LogP) is 4.12. The summed E-state index contributed by atoms with van der Waals surface area (Å²) in [5, 5.41) is 4.69. The lowest BCUT2D eigenvalue weighted by atomic mass is 9.94. The number of aromatic nitrogens is 2. The van der Waals surface area contributed by atoms with Gasteiger partial charge >= 0.3 is 0 Å². The molecule has 2 amide bonds. The lowest BCUT2D eigenvalue weighted by Crippen LogP contribution is -2.45. The van der Waals surface area contributed by atoms with E-state index in [1.807, 2.05) is 27.5 Å². The maximum atomic E-state index is 12.8. The van der Waals surface area contributed by atoms with Crippen LogP contribution in [0.25, 0.3) is 6.08 Å². The highest BCUT2D eigenvalue weighted by Crippen LogP contribution is 2.23. The number of likely N-dealkylation sites (tertiary alicyclic amines) is 2. The minimum Gasteiger partial charge on any atom is -0.342 e. The summed E-state index contributed by atoms with van der Waals surface area (Å²) >= 11 is 0. The van der Waals surface area contributed by atoms with E-state index in [4.69, 9.17) is 5.10 Å². The molecule has 4 rings (SSSR count). The van der Waals surface area contributed by atoms with Gasteiger partial charge in [0.15, 0.2) is 0 Å². The Labute approximate surface area is 197 Å². The number of piperidine rings is 2. The molecule has 0 spiro atoms. The van der Waals surface area contributed by atoms with Crippen molar-refractivity contribution < 1.29 is 9.59 Å². The summed E-state index contributed by atoms with van der Waals surface area (Å²) in [5.41, 5.74) is 5.44. The molecule has 2 fully saturated rings. The van der Waals surface area contributed by atoms with Gasteiger partial charge in [0.1, 0.15) is 0 Å². The van der Waals surface area contributed by atoms with E-state index < -0.39 is 0 Å². The summed E-state index contributed by atoms with van der Waals surface area (Å²) < 4.78 is 2.00. The van der Waals surface area contributed by atoms with Crippen LogP contribution >= 0.6 is 0 Å². The Morgan fingerprint density at radius 2 is 1.61 bits per heavy atom. The van der Waals surface area contributed by atoms with E-state index in [1.54, 1.807) is 6.08 Å². The van der Waals surface area contributed by atoms with Crippen LogP contribution in [-0.2, 0) is 16.1 Å². The van der Waals surface area contributed by atoms with Crippen molar-refractivity contribution >= 4 is 17.9 Å². The molecule has 0 bridgehead atoms. The van der Waals surface area contributed by atoms with Gasteiger partial charge < -0.3 is 9.80 Å². The molecule has 2 aromatic rings. The van der Waals surface area contributed by atoms with Gasteiger partial charge in [-0.05, 0) is 64.5 Å².